The minimum absolute atomic E-state index is 0.137. The van der Waals surface area contributed by atoms with Gasteiger partial charge >= 0.3 is 0 Å². The zero-order valence-electron chi connectivity index (χ0n) is 10.8. The standard InChI is InChI=1S/C11H15N5OS2/c1-11(6-12,7-3-4-7)14-8(17)5-18-10-16-15-9(13-2)19-10/h7H,3-5H2,1-2H3,(H,13,15)(H,14,17)/t11-/m0/s1. The van der Waals surface area contributed by atoms with E-state index in [1.54, 1.807) is 14.0 Å². The molecule has 0 aliphatic heterocycles. The maximum Gasteiger partial charge on any atom is 0.231 e. The SMILES string of the molecule is CNc1nnc(SCC(=O)N[C@@](C)(C#N)C2CC2)s1. The molecular formula is C11H15N5OS2. The third-order valence-electron chi connectivity index (χ3n) is 2.97. The summed E-state index contributed by atoms with van der Waals surface area (Å²) in [7, 11) is 1.77. The maximum atomic E-state index is 11.9. The molecule has 0 bridgehead atoms. The molecule has 19 heavy (non-hydrogen) atoms. The Hall–Kier alpha value is -1.33. The van der Waals surface area contributed by atoms with Gasteiger partial charge in [0.2, 0.25) is 11.0 Å². The van der Waals surface area contributed by atoms with Gasteiger partial charge < -0.3 is 10.6 Å². The summed E-state index contributed by atoms with van der Waals surface area (Å²) in [5, 5.41) is 23.4. The predicted molar refractivity (Wildman–Crippen MR) is 75.1 cm³/mol. The molecule has 1 aromatic rings. The molecule has 0 saturated heterocycles. The second-order valence-corrected chi connectivity index (χ2v) is 6.75. The molecule has 1 saturated carbocycles. The first-order valence-corrected chi connectivity index (χ1v) is 7.74. The van der Waals surface area contributed by atoms with Gasteiger partial charge in [-0.1, -0.05) is 23.1 Å². The maximum absolute atomic E-state index is 11.9. The minimum Gasteiger partial charge on any atom is -0.363 e. The predicted octanol–water partition coefficient (Wildman–Crippen LogP) is 1.48. The molecule has 1 amide bonds. The fourth-order valence-electron chi connectivity index (χ4n) is 1.70. The first-order valence-electron chi connectivity index (χ1n) is 5.93. The van der Waals surface area contributed by atoms with Crippen LogP contribution in [0.2, 0.25) is 0 Å². The fourth-order valence-corrected chi connectivity index (χ4v) is 3.21. The molecule has 0 radical (unpaired) electrons. The summed E-state index contributed by atoms with van der Waals surface area (Å²) in [5.74, 6) is 0.411. The van der Waals surface area contributed by atoms with E-state index in [2.05, 4.69) is 26.9 Å². The molecule has 1 aliphatic carbocycles. The van der Waals surface area contributed by atoms with Gasteiger partial charge in [0.05, 0.1) is 11.8 Å². The minimum atomic E-state index is -0.727. The van der Waals surface area contributed by atoms with E-state index in [0.29, 0.717) is 5.92 Å². The molecule has 2 rings (SSSR count). The van der Waals surface area contributed by atoms with Crippen molar-refractivity contribution >= 4 is 34.1 Å². The highest BCUT2D eigenvalue weighted by Gasteiger charge is 2.42. The Morgan fingerprint density at radius 2 is 2.37 bits per heavy atom. The van der Waals surface area contributed by atoms with E-state index in [-0.39, 0.29) is 11.7 Å². The highest BCUT2D eigenvalue weighted by atomic mass is 32.2. The number of nitriles is 1. The number of hydrogen-bond acceptors (Lipinski definition) is 7. The van der Waals surface area contributed by atoms with Gasteiger partial charge in [-0.2, -0.15) is 5.26 Å². The summed E-state index contributed by atoms with van der Waals surface area (Å²) in [5.41, 5.74) is -0.727. The average Bonchev–Trinajstić information content (AvgIpc) is 3.16. The number of nitrogens with one attached hydrogen (secondary N) is 2. The lowest BCUT2D eigenvalue weighted by molar-refractivity contribution is -0.119. The Morgan fingerprint density at radius 1 is 1.63 bits per heavy atom. The van der Waals surface area contributed by atoms with Crippen molar-refractivity contribution in [2.75, 3.05) is 18.1 Å². The largest absolute Gasteiger partial charge is 0.363 e. The third kappa shape index (κ3) is 3.58. The molecule has 8 heteroatoms. The van der Waals surface area contributed by atoms with Crippen molar-refractivity contribution in [3.8, 4) is 6.07 Å². The van der Waals surface area contributed by atoms with Crippen LogP contribution >= 0.6 is 23.1 Å². The summed E-state index contributed by atoms with van der Waals surface area (Å²) in [6.07, 6.45) is 2.03. The Balaban J connectivity index is 1.83. The number of hydrogen-bond donors (Lipinski definition) is 2. The van der Waals surface area contributed by atoms with Gasteiger partial charge in [0.15, 0.2) is 4.34 Å². The highest BCUT2D eigenvalue weighted by molar-refractivity contribution is 8.01. The molecule has 1 heterocycles. The van der Waals surface area contributed by atoms with Gasteiger partial charge in [-0.05, 0) is 25.7 Å². The van der Waals surface area contributed by atoms with Crippen LogP contribution in [0.25, 0.3) is 0 Å². The van der Waals surface area contributed by atoms with Crippen LogP contribution in [0, 0.1) is 17.2 Å². The lowest BCUT2D eigenvalue weighted by Crippen LogP contribution is -2.47. The van der Waals surface area contributed by atoms with Crippen LogP contribution in [0.3, 0.4) is 0 Å². The summed E-state index contributed by atoms with van der Waals surface area (Å²) < 4.78 is 0.740. The van der Waals surface area contributed by atoms with Crippen LogP contribution in [-0.2, 0) is 4.79 Å². The number of carbonyl (C=O) groups excluding carboxylic acids is 1. The number of thioether (sulfide) groups is 1. The fraction of sp³-hybridized carbons (Fsp3) is 0.636. The van der Waals surface area contributed by atoms with Gasteiger partial charge in [-0.25, -0.2) is 0 Å². The van der Waals surface area contributed by atoms with E-state index in [9.17, 15) is 4.79 Å². The summed E-state index contributed by atoms with van der Waals surface area (Å²) in [6, 6.07) is 2.21. The quantitative estimate of drug-likeness (QED) is 0.773. The van der Waals surface area contributed by atoms with E-state index < -0.39 is 5.54 Å². The normalized spacial score (nSPS) is 17.3. The summed E-state index contributed by atoms with van der Waals surface area (Å²) in [6.45, 7) is 1.79. The highest BCUT2D eigenvalue weighted by Crippen LogP contribution is 2.39. The smallest absolute Gasteiger partial charge is 0.231 e. The molecule has 2 N–H and O–H groups in total. The zero-order chi connectivity index (χ0) is 13.9. The van der Waals surface area contributed by atoms with Crippen LogP contribution in [0.5, 0.6) is 0 Å². The van der Waals surface area contributed by atoms with E-state index in [1.807, 2.05) is 0 Å². The third-order valence-corrected chi connectivity index (χ3v) is 5.05. The second-order valence-electron chi connectivity index (χ2n) is 4.55. The molecule has 0 aromatic carbocycles. The van der Waals surface area contributed by atoms with Gasteiger partial charge in [-0.15, -0.1) is 10.2 Å². The van der Waals surface area contributed by atoms with Gasteiger partial charge in [0, 0.05) is 7.05 Å². The molecule has 1 atom stereocenters. The van der Waals surface area contributed by atoms with Crippen molar-refractivity contribution in [2.24, 2.45) is 5.92 Å². The Morgan fingerprint density at radius 3 is 2.89 bits per heavy atom. The van der Waals surface area contributed by atoms with Crippen molar-refractivity contribution in [3.05, 3.63) is 0 Å². The number of anilines is 1. The molecular weight excluding hydrogens is 282 g/mol. The second kappa shape index (κ2) is 5.75. The monoisotopic (exact) mass is 297 g/mol. The molecule has 0 unspecified atom stereocenters. The average molecular weight is 297 g/mol. The summed E-state index contributed by atoms with van der Waals surface area (Å²) >= 11 is 2.73. The van der Waals surface area contributed by atoms with Crippen molar-refractivity contribution in [3.63, 3.8) is 0 Å². The van der Waals surface area contributed by atoms with Crippen molar-refractivity contribution < 1.29 is 4.79 Å². The molecule has 102 valence electrons. The van der Waals surface area contributed by atoms with E-state index >= 15 is 0 Å². The molecule has 1 aromatic heterocycles. The zero-order valence-corrected chi connectivity index (χ0v) is 12.4. The van der Waals surface area contributed by atoms with E-state index in [0.717, 1.165) is 22.3 Å². The van der Waals surface area contributed by atoms with Crippen LogP contribution in [0.4, 0.5) is 5.13 Å². The molecule has 6 nitrogen and oxygen atoms in total. The van der Waals surface area contributed by atoms with E-state index in [1.165, 1.54) is 23.1 Å². The Labute approximate surface area is 120 Å². The number of carbonyl (C=O) groups is 1. The van der Waals surface area contributed by atoms with Crippen molar-refractivity contribution in [1.29, 1.82) is 5.26 Å². The number of nitrogens with zero attached hydrogens (tertiary/aromatic N) is 3. The lowest BCUT2D eigenvalue weighted by Gasteiger charge is -2.22. The van der Waals surface area contributed by atoms with Crippen LogP contribution in [0.15, 0.2) is 4.34 Å². The van der Waals surface area contributed by atoms with Crippen LogP contribution in [0.1, 0.15) is 19.8 Å². The number of rotatable bonds is 6. The first-order chi connectivity index (χ1) is 9.07. The Kier molecular flexibility index (Phi) is 4.27. The van der Waals surface area contributed by atoms with Crippen molar-refractivity contribution in [1.82, 2.24) is 15.5 Å². The van der Waals surface area contributed by atoms with Crippen molar-refractivity contribution in [2.45, 2.75) is 29.6 Å². The van der Waals surface area contributed by atoms with E-state index in [4.69, 9.17) is 5.26 Å². The molecule has 1 aliphatic rings. The number of amides is 1. The lowest BCUT2D eigenvalue weighted by atomic mass is 9.98. The Bertz CT molecular complexity index is 507. The van der Waals surface area contributed by atoms with Gasteiger partial charge in [0.25, 0.3) is 0 Å². The van der Waals surface area contributed by atoms with Crippen LogP contribution in [-0.4, -0.2) is 34.4 Å². The summed E-state index contributed by atoms with van der Waals surface area (Å²) in [4.78, 5) is 11.9. The van der Waals surface area contributed by atoms with Gasteiger partial charge in [0.1, 0.15) is 5.54 Å². The van der Waals surface area contributed by atoms with Crippen LogP contribution < -0.4 is 10.6 Å². The molecule has 0 spiro atoms. The molecule has 1 fully saturated rings. The first kappa shape index (κ1) is 14.1. The van der Waals surface area contributed by atoms with Gasteiger partial charge in [-0.3, -0.25) is 4.79 Å². The number of aromatic nitrogens is 2. The topological polar surface area (TPSA) is 90.7 Å².